The molecule has 21 rings (SSSR count). The lowest BCUT2D eigenvalue weighted by atomic mass is 9.94. The maximum absolute atomic E-state index is 6.54. The van der Waals surface area contributed by atoms with Crippen LogP contribution >= 0.6 is 0 Å². The fourth-order valence-corrected chi connectivity index (χ4v) is 15.7. The van der Waals surface area contributed by atoms with Gasteiger partial charge in [0.2, 0.25) is 0 Å². The van der Waals surface area contributed by atoms with Crippen LogP contribution in [0.5, 0.6) is 0 Å². The van der Waals surface area contributed by atoms with Crippen molar-refractivity contribution in [1.82, 2.24) is 17.9 Å². The lowest BCUT2D eigenvalue weighted by molar-refractivity contribution is 0.668. The number of fused-ring (bicyclic) bond motifs is 26. The Morgan fingerprint density at radius 2 is 0.571 bits per heavy atom. The summed E-state index contributed by atoms with van der Waals surface area (Å²) in [6.45, 7) is 0. The van der Waals surface area contributed by atoms with Crippen molar-refractivity contribution in [3.05, 3.63) is 255 Å². The summed E-state index contributed by atoms with van der Waals surface area (Å²) in [5, 5.41) is 19.4. The van der Waals surface area contributed by atoms with Crippen molar-refractivity contribution in [1.29, 1.82) is 0 Å². The number of hydrogen-bond acceptors (Lipinski definition) is 2. The van der Waals surface area contributed by atoms with Gasteiger partial charge in [0.25, 0.3) is 0 Å². The van der Waals surface area contributed by atoms with E-state index in [9.17, 15) is 0 Å². The van der Waals surface area contributed by atoms with Crippen LogP contribution in [0.1, 0.15) is 0 Å². The Bertz CT molecular complexity index is 5990. The maximum Gasteiger partial charge on any atom is 0.136 e. The minimum atomic E-state index is 0.889. The molecule has 0 aliphatic heterocycles. The van der Waals surface area contributed by atoms with E-state index < -0.39 is 0 Å². The van der Waals surface area contributed by atoms with Crippen molar-refractivity contribution < 1.29 is 8.83 Å². The van der Waals surface area contributed by atoms with Gasteiger partial charge in [-0.1, -0.05) is 158 Å². The summed E-state index contributed by atoms with van der Waals surface area (Å²) >= 11 is 0. The van der Waals surface area contributed by atoms with E-state index >= 15 is 0 Å². The van der Waals surface area contributed by atoms with Crippen molar-refractivity contribution in [3.8, 4) is 33.6 Å². The first-order valence-corrected chi connectivity index (χ1v) is 28.9. The molecule has 0 saturated carbocycles. The second-order valence-corrected chi connectivity index (χ2v) is 23.0. The highest BCUT2D eigenvalue weighted by molar-refractivity contribution is 6.45. The number of nitrogens with zero attached hydrogens (tertiary/aromatic N) is 4. The van der Waals surface area contributed by atoms with Gasteiger partial charge in [-0.15, -0.1) is 0 Å². The van der Waals surface area contributed by atoms with E-state index in [-0.39, 0.29) is 0 Å². The molecule has 8 aromatic heterocycles. The zero-order valence-corrected chi connectivity index (χ0v) is 44.9. The number of furan rings is 2. The fourth-order valence-electron chi connectivity index (χ4n) is 15.7. The van der Waals surface area contributed by atoms with Crippen LogP contribution in [0.2, 0.25) is 0 Å². The molecule has 0 unspecified atom stereocenters. The predicted molar refractivity (Wildman–Crippen MR) is 350 cm³/mol. The van der Waals surface area contributed by atoms with Crippen LogP contribution in [0.4, 0.5) is 0 Å². The van der Waals surface area contributed by atoms with Crippen LogP contribution in [0, 0.1) is 0 Å². The first kappa shape index (κ1) is 43.5. The highest BCUT2D eigenvalue weighted by Crippen LogP contribution is 2.54. The van der Waals surface area contributed by atoms with E-state index in [1.54, 1.807) is 0 Å². The molecule has 0 atom stereocenters. The number of para-hydroxylation sites is 6. The molecule has 84 heavy (non-hydrogen) atoms. The molecule has 0 radical (unpaired) electrons. The van der Waals surface area contributed by atoms with Crippen LogP contribution < -0.4 is 0 Å². The van der Waals surface area contributed by atoms with E-state index in [4.69, 9.17) is 8.83 Å². The van der Waals surface area contributed by atoms with Gasteiger partial charge in [-0.3, -0.25) is 0 Å². The molecule has 0 spiro atoms. The lowest BCUT2D eigenvalue weighted by Gasteiger charge is -2.10. The lowest BCUT2D eigenvalue weighted by Crippen LogP contribution is -1.94. The molecular weight excluding hydrogens is 1020 g/mol. The van der Waals surface area contributed by atoms with Crippen molar-refractivity contribution in [2.24, 2.45) is 0 Å². The summed E-state index contributed by atoms with van der Waals surface area (Å²) in [5.41, 5.74) is 22.3. The van der Waals surface area contributed by atoms with Gasteiger partial charge in [0.15, 0.2) is 0 Å². The average molecular weight is 1070 g/mol. The minimum absolute atomic E-state index is 0.889. The van der Waals surface area contributed by atoms with Crippen LogP contribution in [0.25, 0.3) is 197 Å². The molecule has 13 aromatic carbocycles. The molecule has 21 aromatic rings. The quantitative estimate of drug-likeness (QED) is 0.176. The zero-order chi connectivity index (χ0) is 54.2. The van der Waals surface area contributed by atoms with Gasteiger partial charge in [0.1, 0.15) is 22.3 Å². The molecule has 0 aliphatic rings. The van der Waals surface area contributed by atoms with E-state index in [1.165, 1.54) is 120 Å². The molecule has 0 bridgehead atoms. The molecule has 0 aliphatic carbocycles. The Labute approximate surface area is 476 Å². The number of rotatable bonds is 4. The number of hydrogen-bond donors (Lipinski definition) is 0. The topological polar surface area (TPSA) is 45.0 Å². The Balaban J connectivity index is 0.952. The molecule has 0 amide bonds. The normalized spacial score (nSPS) is 12.8. The molecule has 0 saturated heterocycles. The number of benzene rings is 13. The maximum atomic E-state index is 6.54. The second kappa shape index (κ2) is 15.4. The van der Waals surface area contributed by atoms with Gasteiger partial charge in [-0.25, -0.2) is 0 Å². The van der Waals surface area contributed by atoms with Gasteiger partial charge < -0.3 is 26.8 Å². The zero-order valence-electron chi connectivity index (χ0n) is 44.9. The van der Waals surface area contributed by atoms with E-state index in [2.05, 4.69) is 273 Å². The number of aromatic nitrogens is 4. The molecule has 6 nitrogen and oxygen atoms in total. The average Bonchev–Trinajstić information content (AvgIpc) is 1.66. The van der Waals surface area contributed by atoms with E-state index in [1.807, 2.05) is 0 Å². The smallest absolute Gasteiger partial charge is 0.136 e. The SMILES string of the molecule is c1ccc2c(c1)oc1cccc(-c3ccc4c(c3)c3c5c6ccc(-n7c8ccccc8c8ccccc87)cc6n6c7ccc(-c8cccc9oc%10ccccc%10c89)cc7c(c7c8ccc(-n9c%10ccccc%10c%10ccccc%109)cc8n4c37)c56)c12. The third kappa shape index (κ3) is 5.29. The predicted octanol–water partition coefficient (Wildman–Crippen LogP) is 21.3. The van der Waals surface area contributed by atoms with Crippen molar-refractivity contribution in [3.63, 3.8) is 0 Å². The van der Waals surface area contributed by atoms with Gasteiger partial charge in [0, 0.05) is 97.6 Å². The van der Waals surface area contributed by atoms with Crippen LogP contribution in [-0.2, 0) is 0 Å². The Morgan fingerprint density at radius 1 is 0.214 bits per heavy atom. The Morgan fingerprint density at radius 3 is 0.988 bits per heavy atom. The van der Waals surface area contributed by atoms with Crippen molar-refractivity contribution >= 4 is 164 Å². The first-order valence-electron chi connectivity index (χ1n) is 28.9. The third-order valence-electron chi connectivity index (χ3n) is 19.0. The Hall–Kier alpha value is -11.3. The summed E-state index contributed by atoms with van der Waals surface area (Å²) in [6.07, 6.45) is 0. The second-order valence-electron chi connectivity index (χ2n) is 23.0. The fraction of sp³-hybridized carbons (Fsp3) is 0. The van der Waals surface area contributed by atoms with Crippen molar-refractivity contribution in [2.45, 2.75) is 0 Å². The van der Waals surface area contributed by atoms with Gasteiger partial charge in [0.05, 0.1) is 55.2 Å². The van der Waals surface area contributed by atoms with Gasteiger partial charge >= 0.3 is 0 Å². The third-order valence-corrected chi connectivity index (χ3v) is 19.0. The molecule has 0 N–H and O–H groups in total. The summed E-state index contributed by atoms with van der Waals surface area (Å²) in [7, 11) is 0. The summed E-state index contributed by atoms with van der Waals surface area (Å²) in [5.74, 6) is 0. The van der Waals surface area contributed by atoms with Crippen LogP contribution in [0.3, 0.4) is 0 Å². The van der Waals surface area contributed by atoms with E-state index in [0.29, 0.717) is 0 Å². The van der Waals surface area contributed by atoms with E-state index in [0.717, 1.165) is 77.5 Å². The summed E-state index contributed by atoms with van der Waals surface area (Å²) in [4.78, 5) is 0. The monoisotopic (exact) mass is 1070 g/mol. The Kier molecular flexibility index (Phi) is 7.94. The van der Waals surface area contributed by atoms with Crippen LogP contribution in [-0.4, -0.2) is 17.9 Å². The van der Waals surface area contributed by atoms with Crippen LogP contribution in [0.15, 0.2) is 264 Å². The molecule has 386 valence electrons. The molecule has 0 fully saturated rings. The largest absolute Gasteiger partial charge is 0.456 e. The minimum Gasteiger partial charge on any atom is -0.456 e. The molecule has 8 heterocycles. The standard InChI is InChI=1S/C78H42N4O2/c1-7-23-59-49(15-1)50-16-2-8-24-60(50)79(59)45-33-35-53-65(41-45)81-63-37-31-43(47-21-13-29-69-71(47)55-19-5-11-27-67(55)83-69)39-57(63)76-74-54-36-34-46(80-61-25-9-3-17-51(61)52-18-4-10-26-62(52)80)42-66(54)82-64-38-32-44(40-58(64)75(78(74)82)73(53)77(76)81)48-22-14-30-70-72(48)56-20-6-12-28-68(56)84-70/h1-42H. The molecular formula is C78H42N4O2. The van der Waals surface area contributed by atoms with Crippen molar-refractivity contribution in [2.75, 3.05) is 0 Å². The molecule has 6 heteroatoms. The summed E-state index contributed by atoms with van der Waals surface area (Å²) < 4.78 is 23.2. The summed E-state index contributed by atoms with van der Waals surface area (Å²) in [6, 6.07) is 94.0. The van der Waals surface area contributed by atoms with Gasteiger partial charge in [-0.2, -0.15) is 0 Å². The highest BCUT2D eigenvalue weighted by Gasteiger charge is 2.31. The first-order chi connectivity index (χ1) is 41.7. The van der Waals surface area contributed by atoms with Gasteiger partial charge in [-0.05, 0) is 119 Å². The highest BCUT2D eigenvalue weighted by atomic mass is 16.3.